The lowest BCUT2D eigenvalue weighted by atomic mass is 9.46. The van der Waals surface area contributed by atoms with Crippen molar-refractivity contribution in [1.82, 2.24) is 4.90 Å². The summed E-state index contributed by atoms with van der Waals surface area (Å²) in [6.07, 6.45) is 4.82. The molecule has 112 valence electrons. The minimum atomic E-state index is -0.455. The van der Waals surface area contributed by atoms with Gasteiger partial charge < -0.3 is 15.1 Å². The predicted molar refractivity (Wildman–Crippen MR) is 73.7 cm³/mol. The molecular weight excluding hydrogens is 254 g/mol. The fourth-order valence-corrected chi connectivity index (χ4v) is 5.54. The summed E-state index contributed by atoms with van der Waals surface area (Å²) < 4.78 is 0. The van der Waals surface area contributed by atoms with E-state index in [-0.39, 0.29) is 12.0 Å². The van der Waals surface area contributed by atoms with E-state index in [9.17, 15) is 15.0 Å². The highest BCUT2D eigenvalue weighted by Gasteiger charge is 2.57. The molecule has 5 aliphatic rings. The summed E-state index contributed by atoms with van der Waals surface area (Å²) in [4.78, 5) is 14.1. The van der Waals surface area contributed by atoms with Crippen LogP contribution in [0.25, 0.3) is 0 Å². The smallest absolute Gasteiger partial charge is 0.223 e. The van der Waals surface area contributed by atoms with Gasteiger partial charge in [-0.05, 0) is 62.2 Å². The third-order valence-electron chi connectivity index (χ3n) is 6.84. The molecule has 0 aromatic heterocycles. The third-order valence-corrected chi connectivity index (χ3v) is 6.84. The van der Waals surface area contributed by atoms with E-state index in [1.165, 1.54) is 0 Å². The summed E-state index contributed by atoms with van der Waals surface area (Å²) in [5.74, 6) is 2.98. The van der Waals surface area contributed by atoms with Crippen molar-refractivity contribution >= 4 is 5.91 Å². The molecular formula is C16H25NO3. The first-order valence-corrected chi connectivity index (χ1v) is 8.13. The molecule has 1 saturated heterocycles. The van der Waals surface area contributed by atoms with E-state index < -0.39 is 5.60 Å². The van der Waals surface area contributed by atoms with E-state index in [2.05, 4.69) is 0 Å². The van der Waals surface area contributed by atoms with Gasteiger partial charge in [0.1, 0.15) is 0 Å². The highest BCUT2D eigenvalue weighted by Crippen LogP contribution is 2.61. The van der Waals surface area contributed by atoms with Crippen LogP contribution in [0.1, 0.15) is 39.0 Å². The summed E-state index contributed by atoms with van der Waals surface area (Å²) >= 11 is 0. The van der Waals surface area contributed by atoms with Crippen molar-refractivity contribution in [2.45, 2.75) is 50.7 Å². The number of aliphatic hydroxyl groups excluding tert-OH is 1. The van der Waals surface area contributed by atoms with E-state index in [1.54, 1.807) is 4.90 Å². The zero-order chi connectivity index (χ0) is 14.1. The zero-order valence-corrected chi connectivity index (χ0v) is 12.2. The van der Waals surface area contributed by atoms with Gasteiger partial charge in [-0.2, -0.15) is 0 Å². The quantitative estimate of drug-likeness (QED) is 0.793. The van der Waals surface area contributed by atoms with E-state index >= 15 is 0 Å². The average molecular weight is 279 g/mol. The van der Waals surface area contributed by atoms with Crippen LogP contribution in [0, 0.1) is 29.6 Å². The van der Waals surface area contributed by atoms with Gasteiger partial charge in [-0.1, -0.05) is 0 Å². The molecule has 4 nitrogen and oxygen atoms in total. The standard InChI is InChI=1S/C16H25NO3/c1-16(20)11-2-9-3-12(16)5-10(4-11)14(9)6-15(19)17-7-13(18)8-17/h9-14,18,20H,2-8H2,1H3. The zero-order valence-electron chi connectivity index (χ0n) is 12.2. The number of carbonyl (C=O) groups excluding carboxylic acids is 1. The van der Waals surface area contributed by atoms with Crippen LogP contribution >= 0.6 is 0 Å². The summed E-state index contributed by atoms with van der Waals surface area (Å²) in [7, 11) is 0. The maximum atomic E-state index is 12.3. The first-order chi connectivity index (χ1) is 9.45. The molecule has 0 spiro atoms. The normalized spacial score (nSPS) is 50.4. The monoisotopic (exact) mass is 279 g/mol. The molecule has 0 unspecified atom stereocenters. The fraction of sp³-hybridized carbons (Fsp3) is 0.938. The minimum Gasteiger partial charge on any atom is -0.390 e. The summed E-state index contributed by atoms with van der Waals surface area (Å²) in [6.45, 7) is 3.09. The van der Waals surface area contributed by atoms with E-state index in [4.69, 9.17) is 0 Å². The van der Waals surface area contributed by atoms with Crippen LogP contribution in [-0.2, 0) is 4.79 Å². The number of hydrogen-bond donors (Lipinski definition) is 2. The number of hydrogen-bond acceptors (Lipinski definition) is 3. The van der Waals surface area contributed by atoms with Gasteiger partial charge in [-0.3, -0.25) is 4.79 Å². The predicted octanol–water partition coefficient (Wildman–Crippen LogP) is 1.01. The first kappa shape index (κ1) is 13.1. The van der Waals surface area contributed by atoms with Gasteiger partial charge in [0, 0.05) is 19.5 Å². The van der Waals surface area contributed by atoms with Crippen LogP contribution in [0.15, 0.2) is 0 Å². The van der Waals surface area contributed by atoms with Crippen molar-refractivity contribution in [3.63, 3.8) is 0 Å². The Morgan fingerprint density at radius 3 is 2.10 bits per heavy atom. The number of amides is 1. The van der Waals surface area contributed by atoms with Crippen LogP contribution in [0.2, 0.25) is 0 Å². The molecule has 4 bridgehead atoms. The van der Waals surface area contributed by atoms with Gasteiger partial charge in [0.2, 0.25) is 5.91 Å². The Labute approximate surface area is 120 Å². The lowest BCUT2D eigenvalue weighted by Gasteiger charge is -2.61. The van der Waals surface area contributed by atoms with Crippen LogP contribution in [0.5, 0.6) is 0 Å². The Hall–Kier alpha value is -0.610. The maximum absolute atomic E-state index is 12.3. The van der Waals surface area contributed by atoms with Crippen molar-refractivity contribution in [1.29, 1.82) is 0 Å². The van der Waals surface area contributed by atoms with E-state index in [1.807, 2.05) is 6.92 Å². The lowest BCUT2D eigenvalue weighted by molar-refractivity contribution is -0.185. The van der Waals surface area contributed by atoms with Gasteiger partial charge >= 0.3 is 0 Å². The number of nitrogens with zero attached hydrogens (tertiary/aromatic N) is 1. The second-order valence-corrected chi connectivity index (χ2v) is 7.90. The summed E-state index contributed by atoms with van der Waals surface area (Å²) in [5.41, 5.74) is -0.455. The highest BCUT2D eigenvalue weighted by molar-refractivity contribution is 5.77. The lowest BCUT2D eigenvalue weighted by Crippen LogP contribution is -2.60. The van der Waals surface area contributed by atoms with E-state index in [0.717, 1.165) is 25.7 Å². The highest BCUT2D eigenvalue weighted by atomic mass is 16.3. The molecule has 0 radical (unpaired) electrons. The molecule has 4 heteroatoms. The van der Waals surface area contributed by atoms with Crippen LogP contribution in [0.4, 0.5) is 0 Å². The molecule has 0 aromatic rings. The van der Waals surface area contributed by atoms with Gasteiger partial charge in [0.05, 0.1) is 11.7 Å². The fourth-order valence-electron chi connectivity index (χ4n) is 5.54. The molecule has 20 heavy (non-hydrogen) atoms. The largest absolute Gasteiger partial charge is 0.390 e. The van der Waals surface area contributed by atoms with Gasteiger partial charge in [0.25, 0.3) is 0 Å². The number of aliphatic hydroxyl groups is 2. The molecule has 5 fully saturated rings. The SMILES string of the molecule is CC1(O)C2CC3CC1CC(C2)C3CC(=O)N1CC(O)C1. The third kappa shape index (κ3) is 1.77. The molecule has 1 aliphatic heterocycles. The first-order valence-electron chi connectivity index (χ1n) is 8.13. The van der Waals surface area contributed by atoms with Crippen molar-refractivity contribution < 1.29 is 15.0 Å². The summed E-state index contributed by atoms with van der Waals surface area (Å²) in [5, 5.41) is 19.9. The van der Waals surface area contributed by atoms with E-state index in [0.29, 0.717) is 49.1 Å². The molecule has 1 amide bonds. The topological polar surface area (TPSA) is 60.8 Å². The molecule has 4 saturated carbocycles. The Kier molecular flexibility index (Phi) is 2.75. The van der Waals surface area contributed by atoms with Gasteiger partial charge in [0.15, 0.2) is 0 Å². The van der Waals surface area contributed by atoms with Crippen LogP contribution in [0.3, 0.4) is 0 Å². The molecule has 0 atom stereocenters. The van der Waals surface area contributed by atoms with Crippen molar-refractivity contribution in [2.75, 3.05) is 13.1 Å². The van der Waals surface area contributed by atoms with Crippen molar-refractivity contribution in [3.8, 4) is 0 Å². The number of rotatable bonds is 2. The maximum Gasteiger partial charge on any atom is 0.223 e. The summed E-state index contributed by atoms with van der Waals surface area (Å²) in [6, 6.07) is 0. The van der Waals surface area contributed by atoms with Crippen molar-refractivity contribution in [2.24, 2.45) is 29.6 Å². The van der Waals surface area contributed by atoms with Gasteiger partial charge in [-0.15, -0.1) is 0 Å². The Balaban J connectivity index is 1.43. The number of carbonyl (C=O) groups is 1. The molecule has 5 rings (SSSR count). The number of likely N-dealkylation sites (tertiary alicyclic amines) is 1. The minimum absolute atomic E-state index is 0.236. The van der Waals surface area contributed by atoms with Crippen molar-refractivity contribution in [3.05, 3.63) is 0 Å². The van der Waals surface area contributed by atoms with Crippen LogP contribution in [-0.4, -0.2) is 45.8 Å². The molecule has 0 aromatic carbocycles. The Morgan fingerprint density at radius 2 is 1.65 bits per heavy atom. The Morgan fingerprint density at radius 1 is 1.15 bits per heavy atom. The Bertz CT molecular complexity index is 395. The number of β-amino-alcohol motifs (C(OH)–C–C–N with tert-alkyl or cyclic N) is 1. The molecule has 4 aliphatic carbocycles. The average Bonchev–Trinajstić information content (AvgIpc) is 2.32. The molecule has 1 heterocycles. The molecule has 2 N–H and O–H groups in total. The second kappa shape index (κ2) is 4.20. The second-order valence-electron chi connectivity index (χ2n) is 7.90. The van der Waals surface area contributed by atoms with Crippen LogP contribution < -0.4 is 0 Å². The van der Waals surface area contributed by atoms with Gasteiger partial charge in [-0.25, -0.2) is 0 Å².